The molecule has 0 spiro atoms. The predicted octanol–water partition coefficient (Wildman–Crippen LogP) is 3.84. The van der Waals surface area contributed by atoms with Crippen molar-refractivity contribution in [2.75, 3.05) is 18.4 Å². The Kier molecular flexibility index (Phi) is 8.39. The van der Waals surface area contributed by atoms with Gasteiger partial charge in [0.05, 0.1) is 25.1 Å². The zero-order valence-electron chi connectivity index (χ0n) is 21.8. The van der Waals surface area contributed by atoms with E-state index in [0.29, 0.717) is 26.9 Å². The SMILES string of the molecule is CC(C)(C)OC(=O)N1CC2OC(CC(=O)Nc3ccc(C(N)=O)cc3)C(=O)N(Cc3ccc(Cl)cc3Cl)C2C1. The van der Waals surface area contributed by atoms with Gasteiger partial charge >= 0.3 is 6.09 Å². The van der Waals surface area contributed by atoms with Crippen molar-refractivity contribution in [3.8, 4) is 0 Å². The van der Waals surface area contributed by atoms with E-state index in [2.05, 4.69) is 5.32 Å². The number of hydrogen-bond acceptors (Lipinski definition) is 6. The summed E-state index contributed by atoms with van der Waals surface area (Å²) in [7, 11) is 0. The third-order valence-corrected chi connectivity index (χ3v) is 6.95. The minimum atomic E-state index is -1.08. The lowest BCUT2D eigenvalue weighted by atomic mass is 10.0. The van der Waals surface area contributed by atoms with Crippen LogP contribution in [0.3, 0.4) is 0 Å². The van der Waals surface area contributed by atoms with E-state index in [-0.39, 0.29) is 26.1 Å². The molecule has 4 amide bonds. The Morgan fingerprint density at radius 3 is 2.41 bits per heavy atom. The van der Waals surface area contributed by atoms with Crippen molar-refractivity contribution in [3.05, 3.63) is 63.6 Å². The number of amides is 4. The molecule has 2 aliphatic rings. The molecular weight excluding hydrogens is 547 g/mol. The van der Waals surface area contributed by atoms with E-state index in [0.717, 1.165) is 0 Å². The average molecular weight is 577 g/mol. The maximum atomic E-state index is 13.6. The fourth-order valence-corrected chi connectivity index (χ4v) is 5.01. The van der Waals surface area contributed by atoms with Crippen molar-refractivity contribution < 1.29 is 28.7 Å². The van der Waals surface area contributed by atoms with Crippen LogP contribution in [-0.4, -0.2) is 70.6 Å². The van der Waals surface area contributed by atoms with Gasteiger partial charge in [-0.25, -0.2) is 4.79 Å². The van der Waals surface area contributed by atoms with Crippen LogP contribution in [0.4, 0.5) is 10.5 Å². The monoisotopic (exact) mass is 576 g/mol. The number of morpholine rings is 1. The quantitative estimate of drug-likeness (QED) is 0.537. The number of benzene rings is 2. The summed E-state index contributed by atoms with van der Waals surface area (Å²) >= 11 is 12.4. The van der Waals surface area contributed by atoms with Gasteiger partial charge in [0.15, 0.2) is 0 Å². The van der Waals surface area contributed by atoms with Crippen molar-refractivity contribution >= 4 is 52.7 Å². The standard InChI is InChI=1S/C27H30Cl2N4O6/c1-27(2,3)39-26(37)32-13-20-22(14-32)38-21(11-23(34)31-18-8-5-15(6-9-18)24(30)35)25(36)33(20)12-16-4-7-17(28)10-19(16)29/h4-10,20-22H,11-14H2,1-3H3,(H2,30,35)(H,31,34). The molecule has 208 valence electrons. The van der Waals surface area contributed by atoms with Gasteiger partial charge in [-0.2, -0.15) is 0 Å². The van der Waals surface area contributed by atoms with Crippen LogP contribution >= 0.6 is 23.2 Å². The summed E-state index contributed by atoms with van der Waals surface area (Å²) in [4.78, 5) is 53.7. The molecule has 0 aliphatic carbocycles. The third kappa shape index (κ3) is 7.00. The highest BCUT2D eigenvalue weighted by Gasteiger charge is 2.49. The van der Waals surface area contributed by atoms with Gasteiger partial charge in [-0.3, -0.25) is 14.4 Å². The molecule has 10 nitrogen and oxygen atoms in total. The summed E-state index contributed by atoms with van der Waals surface area (Å²) in [5, 5.41) is 3.57. The van der Waals surface area contributed by atoms with Gasteiger partial charge in [-0.1, -0.05) is 29.3 Å². The van der Waals surface area contributed by atoms with Crippen LogP contribution in [0, 0.1) is 0 Å². The normalized spacial score (nSPS) is 20.9. The second kappa shape index (κ2) is 11.4. The van der Waals surface area contributed by atoms with Gasteiger partial charge in [0.2, 0.25) is 11.8 Å². The summed E-state index contributed by atoms with van der Waals surface area (Å²) in [6.07, 6.45) is -2.38. The zero-order valence-corrected chi connectivity index (χ0v) is 23.3. The number of nitrogens with zero attached hydrogens (tertiary/aromatic N) is 2. The molecule has 2 fully saturated rings. The van der Waals surface area contributed by atoms with E-state index in [4.69, 9.17) is 38.4 Å². The lowest BCUT2D eigenvalue weighted by Gasteiger charge is -2.40. The number of likely N-dealkylation sites (tertiary alicyclic amines) is 1. The molecule has 0 aromatic heterocycles. The summed E-state index contributed by atoms with van der Waals surface area (Å²) in [6.45, 7) is 5.89. The van der Waals surface area contributed by atoms with E-state index < -0.39 is 47.7 Å². The van der Waals surface area contributed by atoms with Crippen molar-refractivity contribution in [1.82, 2.24) is 9.80 Å². The second-order valence-corrected chi connectivity index (χ2v) is 11.4. The first-order valence-electron chi connectivity index (χ1n) is 12.4. The molecule has 2 aromatic rings. The van der Waals surface area contributed by atoms with Crippen LogP contribution in [0.2, 0.25) is 10.0 Å². The largest absolute Gasteiger partial charge is 0.444 e. The highest BCUT2D eigenvalue weighted by atomic mass is 35.5. The number of halogens is 2. The Morgan fingerprint density at radius 1 is 1.10 bits per heavy atom. The molecule has 12 heteroatoms. The van der Waals surface area contributed by atoms with Gasteiger partial charge in [-0.05, 0) is 62.7 Å². The molecule has 2 saturated heterocycles. The Balaban J connectivity index is 1.52. The van der Waals surface area contributed by atoms with Crippen molar-refractivity contribution in [3.63, 3.8) is 0 Å². The Labute approximate surface area is 236 Å². The molecule has 0 saturated carbocycles. The number of carbonyl (C=O) groups excluding carboxylic acids is 4. The van der Waals surface area contributed by atoms with E-state index in [1.54, 1.807) is 56.0 Å². The zero-order chi connectivity index (χ0) is 28.5. The number of nitrogens with two attached hydrogens (primary N) is 1. The molecule has 0 radical (unpaired) electrons. The van der Waals surface area contributed by atoms with Crippen LogP contribution in [-0.2, 0) is 25.6 Å². The van der Waals surface area contributed by atoms with Gasteiger partial charge in [-0.15, -0.1) is 0 Å². The molecule has 3 atom stereocenters. The van der Waals surface area contributed by atoms with E-state index >= 15 is 0 Å². The first kappa shape index (κ1) is 28.7. The average Bonchev–Trinajstić information content (AvgIpc) is 3.26. The van der Waals surface area contributed by atoms with E-state index in [1.165, 1.54) is 17.0 Å². The molecule has 39 heavy (non-hydrogen) atoms. The Morgan fingerprint density at radius 2 is 1.79 bits per heavy atom. The fourth-order valence-electron chi connectivity index (χ4n) is 4.55. The van der Waals surface area contributed by atoms with Crippen LogP contribution in [0.15, 0.2) is 42.5 Å². The summed E-state index contributed by atoms with van der Waals surface area (Å²) in [6, 6.07) is 10.6. The van der Waals surface area contributed by atoms with Crippen LogP contribution in [0.5, 0.6) is 0 Å². The summed E-state index contributed by atoms with van der Waals surface area (Å²) in [5.74, 6) is -1.43. The molecule has 3 N–H and O–H groups in total. The van der Waals surface area contributed by atoms with Gasteiger partial charge in [0, 0.05) is 34.4 Å². The molecule has 0 bridgehead atoms. The number of rotatable bonds is 6. The van der Waals surface area contributed by atoms with Crippen LogP contribution in [0.1, 0.15) is 43.1 Å². The third-order valence-electron chi connectivity index (χ3n) is 6.37. The first-order chi connectivity index (χ1) is 18.3. The summed E-state index contributed by atoms with van der Waals surface area (Å²) in [5.41, 5.74) is 5.98. The molecule has 4 rings (SSSR count). The van der Waals surface area contributed by atoms with Crippen molar-refractivity contribution in [2.45, 2.75) is 57.6 Å². The molecule has 2 aliphatic heterocycles. The smallest absolute Gasteiger partial charge is 0.410 e. The maximum Gasteiger partial charge on any atom is 0.410 e. The Hall–Kier alpha value is -3.34. The number of fused-ring (bicyclic) bond motifs is 1. The minimum absolute atomic E-state index is 0.147. The number of hydrogen-bond donors (Lipinski definition) is 2. The molecule has 3 unspecified atom stereocenters. The molecule has 2 heterocycles. The van der Waals surface area contributed by atoms with E-state index in [1.807, 2.05) is 0 Å². The Bertz CT molecular complexity index is 1280. The molecule has 2 aromatic carbocycles. The van der Waals surface area contributed by atoms with Crippen LogP contribution < -0.4 is 11.1 Å². The summed E-state index contributed by atoms with van der Waals surface area (Å²) < 4.78 is 11.6. The van der Waals surface area contributed by atoms with Crippen LogP contribution in [0.25, 0.3) is 0 Å². The molecular formula is C27H30Cl2N4O6. The number of ether oxygens (including phenoxy) is 2. The van der Waals surface area contributed by atoms with E-state index in [9.17, 15) is 19.2 Å². The number of carbonyl (C=O) groups is 4. The van der Waals surface area contributed by atoms with Crippen molar-refractivity contribution in [1.29, 1.82) is 0 Å². The fraction of sp³-hybridized carbons (Fsp3) is 0.407. The number of nitrogens with one attached hydrogen (secondary N) is 1. The first-order valence-corrected chi connectivity index (χ1v) is 13.1. The maximum absolute atomic E-state index is 13.6. The lowest BCUT2D eigenvalue weighted by molar-refractivity contribution is -0.169. The van der Waals surface area contributed by atoms with Gasteiger partial charge in [0.1, 0.15) is 11.7 Å². The highest BCUT2D eigenvalue weighted by molar-refractivity contribution is 6.35. The highest BCUT2D eigenvalue weighted by Crippen LogP contribution is 2.32. The number of primary amides is 1. The predicted molar refractivity (Wildman–Crippen MR) is 145 cm³/mol. The van der Waals surface area contributed by atoms with Gasteiger partial charge < -0.3 is 30.3 Å². The second-order valence-electron chi connectivity index (χ2n) is 10.5. The minimum Gasteiger partial charge on any atom is -0.444 e. The number of anilines is 1. The van der Waals surface area contributed by atoms with Gasteiger partial charge in [0.25, 0.3) is 5.91 Å². The topological polar surface area (TPSA) is 131 Å². The lowest BCUT2D eigenvalue weighted by Crippen LogP contribution is -2.58. The van der Waals surface area contributed by atoms with Crippen molar-refractivity contribution in [2.24, 2.45) is 5.73 Å².